The van der Waals surface area contributed by atoms with Crippen LogP contribution in [0.25, 0.3) is 0 Å². The first kappa shape index (κ1) is 19.5. The zero-order chi connectivity index (χ0) is 20.1. The van der Waals surface area contributed by atoms with E-state index in [1.807, 2.05) is 24.0 Å². The fourth-order valence-corrected chi connectivity index (χ4v) is 3.18. The maximum Gasteiger partial charge on any atom is 0.313 e. The number of anilines is 1. The van der Waals surface area contributed by atoms with Crippen LogP contribution in [0, 0.1) is 6.92 Å². The highest BCUT2D eigenvalue weighted by molar-refractivity contribution is 6.39. The number of aromatic nitrogens is 3. The molecule has 0 unspecified atom stereocenters. The molecular weight excluding hydrogens is 360 g/mol. The first-order valence-electron chi connectivity index (χ1n) is 9.33. The van der Waals surface area contributed by atoms with Gasteiger partial charge >= 0.3 is 11.8 Å². The van der Waals surface area contributed by atoms with Gasteiger partial charge in [0.15, 0.2) is 0 Å². The first-order chi connectivity index (χ1) is 13.5. The molecular formula is C19H24N6O3. The molecule has 148 valence electrons. The Bertz CT molecular complexity index is 870. The van der Waals surface area contributed by atoms with Crippen molar-refractivity contribution < 1.29 is 14.4 Å². The summed E-state index contributed by atoms with van der Waals surface area (Å²) in [6, 6.07) is 3.23. The number of aryl methyl sites for hydroxylation is 1. The molecule has 0 spiro atoms. The van der Waals surface area contributed by atoms with E-state index >= 15 is 0 Å². The Morgan fingerprint density at radius 2 is 2.00 bits per heavy atom. The number of amides is 3. The maximum absolute atomic E-state index is 12.5. The Kier molecular flexibility index (Phi) is 6.03. The highest BCUT2D eigenvalue weighted by Gasteiger charge is 2.28. The molecule has 28 heavy (non-hydrogen) atoms. The van der Waals surface area contributed by atoms with Gasteiger partial charge in [0, 0.05) is 37.7 Å². The van der Waals surface area contributed by atoms with Crippen LogP contribution in [-0.4, -0.2) is 57.0 Å². The molecule has 0 bridgehead atoms. The van der Waals surface area contributed by atoms with Crippen LogP contribution in [-0.2, 0) is 9.59 Å². The largest absolute Gasteiger partial charge is 0.351 e. The number of carbonyl (C=O) groups is 3. The summed E-state index contributed by atoms with van der Waals surface area (Å²) in [5.74, 6) is -1.63. The molecule has 3 amide bonds. The van der Waals surface area contributed by atoms with Crippen LogP contribution >= 0.6 is 0 Å². The third kappa shape index (κ3) is 4.54. The summed E-state index contributed by atoms with van der Waals surface area (Å²) >= 11 is 0. The van der Waals surface area contributed by atoms with Gasteiger partial charge in [-0.2, -0.15) is 5.10 Å². The Morgan fingerprint density at radius 3 is 2.64 bits per heavy atom. The van der Waals surface area contributed by atoms with Crippen molar-refractivity contribution in [2.45, 2.75) is 32.7 Å². The van der Waals surface area contributed by atoms with E-state index in [2.05, 4.69) is 20.7 Å². The summed E-state index contributed by atoms with van der Waals surface area (Å²) in [5.41, 5.74) is 1.64. The average Bonchev–Trinajstić information content (AvgIpc) is 3.14. The van der Waals surface area contributed by atoms with E-state index < -0.39 is 11.8 Å². The van der Waals surface area contributed by atoms with Gasteiger partial charge in [-0.05, 0) is 44.4 Å². The van der Waals surface area contributed by atoms with Crippen LogP contribution in [0.1, 0.15) is 41.9 Å². The SMILES string of the molecule is CCNC(=O)c1cc(NC(=O)C(=O)N2CCC(n3cc(C)cn3)CC2)ccn1. The minimum atomic E-state index is -0.721. The monoisotopic (exact) mass is 384 g/mol. The van der Waals surface area contributed by atoms with Crippen molar-refractivity contribution in [3.8, 4) is 0 Å². The summed E-state index contributed by atoms with van der Waals surface area (Å²) < 4.78 is 1.93. The zero-order valence-electron chi connectivity index (χ0n) is 16.0. The van der Waals surface area contributed by atoms with Crippen molar-refractivity contribution in [3.05, 3.63) is 42.0 Å². The summed E-state index contributed by atoms with van der Waals surface area (Å²) in [6.07, 6.45) is 6.72. The minimum absolute atomic E-state index is 0.183. The molecule has 0 radical (unpaired) electrons. The van der Waals surface area contributed by atoms with Crippen LogP contribution in [0.2, 0.25) is 0 Å². The number of hydrogen-bond donors (Lipinski definition) is 2. The Labute approximate surface area is 163 Å². The second-order valence-electron chi connectivity index (χ2n) is 6.76. The van der Waals surface area contributed by atoms with Gasteiger partial charge in [-0.25, -0.2) is 0 Å². The topological polar surface area (TPSA) is 109 Å². The molecule has 2 aromatic heterocycles. The van der Waals surface area contributed by atoms with Gasteiger partial charge in [0.05, 0.1) is 12.2 Å². The normalized spacial score (nSPS) is 14.6. The smallest absolute Gasteiger partial charge is 0.313 e. The molecule has 9 heteroatoms. The summed E-state index contributed by atoms with van der Waals surface area (Å²) in [5, 5.41) is 9.53. The van der Waals surface area contributed by atoms with Crippen molar-refractivity contribution >= 4 is 23.4 Å². The molecule has 9 nitrogen and oxygen atoms in total. The van der Waals surface area contributed by atoms with Crippen LogP contribution in [0.3, 0.4) is 0 Å². The molecule has 0 saturated carbocycles. The van der Waals surface area contributed by atoms with E-state index in [1.54, 1.807) is 17.9 Å². The van der Waals surface area contributed by atoms with Gasteiger partial charge in [0.2, 0.25) is 0 Å². The minimum Gasteiger partial charge on any atom is -0.351 e. The summed E-state index contributed by atoms with van der Waals surface area (Å²) in [7, 11) is 0. The predicted molar refractivity (Wildman–Crippen MR) is 103 cm³/mol. The average molecular weight is 384 g/mol. The molecule has 2 N–H and O–H groups in total. The van der Waals surface area contributed by atoms with Crippen LogP contribution in [0.4, 0.5) is 5.69 Å². The number of piperidine rings is 1. The molecule has 1 fully saturated rings. The van der Waals surface area contributed by atoms with Crippen LogP contribution in [0.15, 0.2) is 30.7 Å². The van der Waals surface area contributed by atoms with Crippen molar-refractivity contribution in [2.75, 3.05) is 25.0 Å². The molecule has 1 saturated heterocycles. The van der Waals surface area contributed by atoms with Crippen molar-refractivity contribution in [2.24, 2.45) is 0 Å². The van der Waals surface area contributed by atoms with Crippen LogP contribution in [0.5, 0.6) is 0 Å². The lowest BCUT2D eigenvalue weighted by Gasteiger charge is -2.31. The van der Waals surface area contributed by atoms with Crippen molar-refractivity contribution in [3.63, 3.8) is 0 Å². The van der Waals surface area contributed by atoms with E-state index in [0.29, 0.717) is 25.3 Å². The van der Waals surface area contributed by atoms with Gasteiger partial charge in [-0.1, -0.05) is 0 Å². The van der Waals surface area contributed by atoms with E-state index in [1.165, 1.54) is 12.3 Å². The molecule has 0 aliphatic carbocycles. The summed E-state index contributed by atoms with van der Waals surface area (Å²) in [4.78, 5) is 42.2. The highest BCUT2D eigenvalue weighted by atomic mass is 16.2. The standard InChI is InChI=1S/C19H24N6O3/c1-3-20-17(26)16-10-14(4-7-21-16)23-18(27)19(28)24-8-5-15(6-9-24)25-12-13(2)11-22-25/h4,7,10-12,15H,3,5-6,8-9H2,1-2H3,(H,20,26)(H,21,23,27). The highest BCUT2D eigenvalue weighted by Crippen LogP contribution is 2.22. The molecule has 1 aliphatic rings. The van der Waals surface area contributed by atoms with Gasteiger partial charge < -0.3 is 15.5 Å². The summed E-state index contributed by atoms with van der Waals surface area (Å²) in [6.45, 7) is 5.26. The lowest BCUT2D eigenvalue weighted by atomic mass is 10.1. The Hall–Kier alpha value is -3.23. The number of pyridine rings is 1. The Morgan fingerprint density at radius 1 is 1.25 bits per heavy atom. The van der Waals surface area contributed by atoms with Crippen molar-refractivity contribution in [1.82, 2.24) is 25.0 Å². The van der Waals surface area contributed by atoms with Gasteiger partial charge in [0.25, 0.3) is 5.91 Å². The number of rotatable bonds is 4. The van der Waals surface area contributed by atoms with E-state index in [0.717, 1.165) is 18.4 Å². The second kappa shape index (κ2) is 8.64. The molecule has 2 aromatic rings. The van der Waals surface area contributed by atoms with E-state index in [4.69, 9.17) is 0 Å². The zero-order valence-corrected chi connectivity index (χ0v) is 16.0. The number of nitrogens with one attached hydrogen (secondary N) is 2. The molecule has 0 atom stereocenters. The second-order valence-corrected chi connectivity index (χ2v) is 6.76. The van der Waals surface area contributed by atoms with E-state index in [9.17, 15) is 14.4 Å². The fourth-order valence-electron chi connectivity index (χ4n) is 3.18. The van der Waals surface area contributed by atoms with E-state index in [-0.39, 0.29) is 17.6 Å². The van der Waals surface area contributed by atoms with Gasteiger partial charge in [-0.3, -0.25) is 24.0 Å². The number of hydrogen-bond acceptors (Lipinski definition) is 5. The number of nitrogens with zero attached hydrogens (tertiary/aromatic N) is 4. The molecule has 1 aliphatic heterocycles. The lowest BCUT2D eigenvalue weighted by molar-refractivity contribution is -0.144. The molecule has 3 heterocycles. The quantitative estimate of drug-likeness (QED) is 0.769. The van der Waals surface area contributed by atoms with Crippen molar-refractivity contribution in [1.29, 1.82) is 0 Å². The lowest BCUT2D eigenvalue weighted by Crippen LogP contribution is -2.44. The first-order valence-corrected chi connectivity index (χ1v) is 9.33. The molecule has 0 aromatic carbocycles. The molecule has 3 rings (SSSR count). The Balaban J connectivity index is 1.56. The fraction of sp³-hybridized carbons (Fsp3) is 0.421. The van der Waals surface area contributed by atoms with Gasteiger partial charge in [-0.15, -0.1) is 0 Å². The number of likely N-dealkylation sites (tertiary alicyclic amines) is 1. The predicted octanol–water partition coefficient (Wildman–Crippen LogP) is 1.14. The maximum atomic E-state index is 12.5. The van der Waals surface area contributed by atoms with Gasteiger partial charge in [0.1, 0.15) is 5.69 Å². The van der Waals surface area contributed by atoms with Crippen LogP contribution < -0.4 is 10.6 Å². The number of carbonyl (C=O) groups excluding carboxylic acids is 3. The third-order valence-corrected chi connectivity index (χ3v) is 4.64. The third-order valence-electron chi connectivity index (χ3n) is 4.64.